The van der Waals surface area contributed by atoms with Crippen LogP contribution < -0.4 is 10.9 Å². The zero-order valence-corrected chi connectivity index (χ0v) is 22.2. The number of pyridine rings is 1. The number of aromatic nitrogens is 1. The van der Waals surface area contributed by atoms with Gasteiger partial charge in [0, 0.05) is 32.1 Å². The first-order chi connectivity index (χ1) is 18.2. The summed E-state index contributed by atoms with van der Waals surface area (Å²) >= 11 is 0. The van der Waals surface area contributed by atoms with Crippen LogP contribution in [0.3, 0.4) is 0 Å². The van der Waals surface area contributed by atoms with Crippen LogP contribution in [0.2, 0.25) is 0 Å². The van der Waals surface area contributed by atoms with Crippen LogP contribution in [-0.2, 0) is 27.9 Å². The Labute approximate surface area is 222 Å². The lowest BCUT2D eigenvalue weighted by atomic mass is 9.79. The predicted octanol–water partition coefficient (Wildman–Crippen LogP) is 3.75. The molecule has 2 N–H and O–H groups in total. The molecule has 4 rings (SSSR count). The molecule has 2 aromatic carbocycles. The first kappa shape index (κ1) is 27.1. The zero-order valence-electron chi connectivity index (χ0n) is 22.2. The molecule has 1 atom stereocenters. The van der Waals surface area contributed by atoms with E-state index >= 15 is 0 Å². The number of nitrogens with one attached hydrogen (secondary N) is 1. The van der Waals surface area contributed by atoms with E-state index in [2.05, 4.69) is 5.32 Å². The van der Waals surface area contributed by atoms with Crippen molar-refractivity contribution in [3.05, 3.63) is 70.5 Å². The number of fused-ring (bicyclic) bond motifs is 1. The van der Waals surface area contributed by atoms with Crippen molar-refractivity contribution in [1.82, 2.24) is 14.8 Å². The maximum atomic E-state index is 13.4. The lowest BCUT2D eigenvalue weighted by Crippen LogP contribution is -2.55. The number of aliphatic carboxylic acids is 1. The molecule has 1 aromatic heterocycles. The van der Waals surface area contributed by atoms with Gasteiger partial charge in [-0.05, 0) is 54.3 Å². The Balaban J connectivity index is 1.54. The van der Waals surface area contributed by atoms with Gasteiger partial charge in [-0.1, -0.05) is 56.3 Å². The largest absolute Gasteiger partial charge is 0.480 e. The third kappa shape index (κ3) is 5.08. The fourth-order valence-electron chi connectivity index (χ4n) is 5.38. The molecule has 1 fully saturated rings. The van der Waals surface area contributed by atoms with Gasteiger partial charge in [0.05, 0.1) is 5.52 Å². The number of nitrogens with zero attached hydrogens (tertiary/aromatic N) is 2. The van der Waals surface area contributed by atoms with Gasteiger partial charge in [-0.15, -0.1) is 0 Å². The average Bonchev–Trinajstić information content (AvgIpc) is 3.47. The highest BCUT2D eigenvalue weighted by Gasteiger charge is 2.46. The Morgan fingerprint density at radius 2 is 1.63 bits per heavy atom. The van der Waals surface area contributed by atoms with Gasteiger partial charge >= 0.3 is 5.97 Å². The number of aryl methyl sites for hydroxylation is 1. The Morgan fingerprint density at radius 3 is 2.24 bits per heavy atom. The molecule has 0 radical (unpaired) electrons. The number of rotatable bonds is 9. The molecule has 0 saturated carbocycles. The fourth-order valence-corrected chi connectivity index (χ4v) is 5.38. The minimum Gasteiger partial charge on any atom is -0.480 e. The number of carboxylic acid groups (broad SMARTS) is 1. The standard InChI is InChI=1S/C30H35N3O5/c1-4-30(5-2,29(38)33-16-8-9-17-33)28(37)31-24(27(35)36)18-20-12-14-21(15-13-20)23-19-22-10-6-7-11-25(22)32(3)26(23)34/h6-7,10-15,19,24H,4-5,8-9,16-18H2,1-3H3,(H,31,37)(H,35,36). The van der Waals surface area contributed by atoms with E-state index in [1.807, 2.05) is 30.3 Å². The highest BCUT2D eigenvalue weighted by Crippen LogP contribution is 2.31. The lowest BCUT2D eigenvalue weighted by molar-refractivity contribution is -0.153. The van der Waals surface area contributed by atoms with E-state index in [0.717, 1.165) is 29.3 Å². The summed E-state index contributed by atoms with van der Waals surface area (Å²) in [5, 5.41) is 13.5. The van der Waals surface area contributed by atoms with E-state index in [-0.39, 0.29) is 17.9 Å². The summed E-state index contributed by atoms with van der Waals surface area (Å²) < 4.78 is 1.62. The van der Waals surface area contributed by atoms with Crippen molar-refractivity contribution >= 4 is 28.7 Å². The van der Waals surface area contributed by atoms with Crippen LogP contribution in [0.4, 0.5) is 0 Å². The molecular formula is C30H35N3O5. The van der Waals surface area contributed by atoms with Gasteiger partial charge < -0.3 is 19.9 Å². The highest BCUT2D eigenvalue weighted by atomic mass is 16.4. The number of carbonyl (C=O) groups is 3. The second-order valence-electron chi connectivity index (χ2n) is 10.0. The molecule has 2 amide bonds. The van der Waals surface area contributed by atoms with E-state index in [4.69, 9.17) is 0 Å². The molecule has 0 aliphatic carbocycles. The monoisotopic (exact) mass is 517 g/mol. The molecule has 3 aromatic rings. The van der Waals surface area contributed by atoms with Crippen LogP contribution in [-0.4, -0.2) is 51.5 Å². The second-order valence-corrected chi connectivity index (χ2v) is 10.0. The lowest BCUT2D eigenvalue weighted by Gasteiger charge is -2.34. The molecule has 8 nitrogen and oxygen atoms in total. The number of carboxylic acids is 1. The second kappa shape index (κ2) is 11.2. The Hall–Kier alpha value is -3.94. The normalized spacial score (nSPS) is 14.4. The number of para-hydroxylation sites is 1. The third-order valence-corrected chi connectivity index (χ3v) is 7.89. The molecule has 200 valence electrons. The van der Waals surface area contributed by atoms with Crippen molar-refractivity contribution in [2.45, 2.75) is 52.0 Å². The van der Waals surface area contributed by atoms with Crippen LogP contribution in [0.5, 0.6) is 0 Å². The van der Waals surface area contributed by atoms with Crippen molar-refractivity contribution < 1.29 is 19.5 Å². The van der Waals surface area contributed by atoms with E-state index in [0.29, 0.717) is 37.1 Å². The molecule has 1 saturated heterocycles. The fraction of sp³-hybridized carbons (Fsp3) is 0.400. The molecular weight excluding hydrogens is 482 g/mol. The predicted molar refractivity (Wildman–Crippen MR) is 147 cm³/mol. The number of benzene rings is 2. The Kier molecular flexibility index (Phi) is 7.99. The molecule has 38 heavy (non-hydrogen) atoms. The summed E-state index contributed by atoms with van der Waals surface area (Å²) in [5.41, 5.74) is 1.42. The number of amides is 2. The van der Waals surface area contributed by atoms with Crippen molar-refractivity contribution in [2.75, 3.05) is 13.1 Å². The maximum absolute atomic E-state index is 13.4. The summed E-state index contributed by atoms with van der Waals surface area (Å²) in [4.78, 5) is 53.5. The quantitative estimate of drug-likeness (QED) is 0.420. The molecule has 1 aliphatic heterocycles. The molecule has 1 unspecified atom stereocenters. The van der Waals surface area contributed by atoms with Crippen molar-refractivity contribution in [3.63, 3.8) is 0 Å². The van der Waals surface area contributed by atoms with Gasteiger partial charge in [-0.25, -0.2) is 4.79 Å². The van der Waals surface area contributed by atoms with Gasteiger partial charge in [0.25, 0.3) is 5.56 Å². The number of carbonyl (C=O) groups excluding carboxylic acids is 2. The van der Waals surface area contributed by atoms with E-state index < -0.39 is 23.3 Å². The van der Waals surface area contributed by atoms with E-state index in [9.17, 15) is 24.3 Å². The maximum Gasteiger partial charge on any atom is 0.326 e. The van der Waals surface area contributed by atoms with E-state index in [1.54, 1.807) is 54.6 Å². The van der Waals surface area contributed by atoms with Crippen molar-refractivity contribution in [3.8, 4) is 11.1 Å². The van der Waals surface area contributed by atoms with Crippen molar-refractivity contribution in [1.29, 1.82) is 0 Å². The number of hydrogen-bond donors (Lipinski definition) is 2. The summed E-state index contributed by atoms with van der Waals surface area (Å²) in [6.45, 7) is 4.84. The Bertz CT molecular complexity index is 1400. The topological polar surface area (TPSA) is 109 Å². The number of hydrogen-bond acceptors (Lipinski definition) is 4. The highest BCUT2D eigenvalue weighted by molar-refractivity contribution is 6.06. The SMILES string of the molecule is CCC(CC)(C(=O)NC(Cc1ccc(-c2cc3ccccc3n(C)c2=O)cc1)C(=O)O)C(=O)N1CCCC1. The number of likely N-dealkylation sites (tertiary alicyclic amines) is 1. The van der Waals surface area contributed by atoms with Crippen LogP contribution >= 0.6 is 0 Å². The van der Waals surface area contributed by atoms with Crippen molar-refractivity contribution in [2.24, 2.45) is 12.5 Å². The summed E-state index contributed by atoms with van der Waals surface area (Å²) in [7, 11) is 1.74. The minimum atomic E-state index is -1.28. The average molecular weight is 518 g/mol. The van der Waals surface area contributed by atoms with Crippen LogP contribution in [0.15, 0.2) is 59.4 Å². The molecule has 0 spiro atoms. The molecule has 0 bridgehead atoms. The first-order valence-corrected chi connectivity index (χ1v) is 13.2. The van der Waals surface area contributed by atoms with Gasteiger partial charge in [0.1, 0.15) is 11.5 Å². The molecule has 1 aliphatic rings. The van der Waals surface area contributed by atoms with Crippen LogP contribution in [0.1, 0.15) is 45.1 Å². The smallest absolute Gasteiger partial charge is 0.326 e. The molecule has 2 heterocycles. The van der Waals surface area contributed by atoms with Crippen LogP contribution in [0, 0.1) is 5.41 Å². The summed E-state index contributed by atoms with van der Waals surface area (Å²) in [5.74, 6) is -1.92. The van der Waals surface area contributed by atoms with Gasteiger partial charge in [0.15, 0.2) is 0 Å². The van der Waals surface area contributed by atoms with Gasteiger partial charge in [-0.3, -0.25) is 14.4 Å². The van der Waals surface area contributed by atoms with Gasteiger partial charge in [0.2, 0.25) is 11.8 Å². The summed E-state index contributed by atoms with van der Waals surface area (Å²) in [6.07, 6.45) is 2.48. The molecule has 8 heteroatoms. The Morgan fingerprint density at radius 1 is 1.00 bits per heavy atom. The summed E-state index contributed by atoms with van der Waals surface area (Å²) in [6, 6.07) is 15.5. The minimum absolute atomic E-state index is 0.0541. The third-order valence-electron chi connectivity index (χ3n) is 7.89. The first-order valence-electron chi connectivity index (χ1n) is 13.2. The van der Waals surface area contributed by atoms with Gasteiger partial charge in [-0.2, -0.15) is 0 Å². The van der Waals surface area contributed by atoms with E-state index in [1.165, 1.54) is 0 Å². The zero-order chi connectivity index (χ0) is 27.4. The van der Waals surface area contributed by atoms with Crippen LogP contribution in [0.25, 0.3) is 22.0 Å².